The van der Waals surface area contributed by atoms with E-state index in [1.807, 2.05) is 0 Å². The molecule has 0 spiro atoms. The number of halogens is 6. The number of nitrogens with one attached hydrogen (secondary N) is 2. The monoisotopic (exact) mass is 475 g/mol. The number of fused-ring (bicyclic) bond motifs is 1. The van der Waals surface area contributed by atoms with Crippen LogP contribution in [0.1, 0.15) is 6.42 Å². The minimum atomic E-state index is -4.71. The van der Waals surface area contributed by atoms with Crippen LogP contribution in [0.3, 0.4) is 0 Å². The zero-order valence-corrected chi connectivity index (χ0v) is 17.1. The number of hydrogen-bond donors (Lipinski definition) is 2. The molecule has 0 saturated heterocycles. The van der Waals surface area contributed by atoms with Gasteiger partial charge in [0.25, 0.3) is 0 Å². The average molecular weight is 476 g/mol. The van der Waals surface area contributed by atoms with Crippen LogP contribution in [0.2, 0.25) is 10.0 Å². The molecule has 4 rings (SSSR count). The van der Waals surface area contributed by atoms with Crippen LogP contribution >= 0.6 is 34.5 Å². The number of alkyl halides is 4. The first-order valence-electron chi connectivity index (χ1n) is 8.44. The molecular weight excluding hydrogens is 465 g/mol. The minimum absolute atomic E-state index is 0.243. The highest BCUT2D eigenvalue weighted by atomic mass is 35.5. The van der Waals surface area contributed by atoms with Gasteiger partial charge in [-0.3, -0.25) is 0 Å². The van der Waals surface area contributed by atoms with Gasteiger partial charge in [-0.05, 0) is 24.3 Å². The van der Waals surface area contributed by atoms with E-state index in [1.54, 1.807) is 18.2 Å². The third-order valence-electron chi connectivity index (χ3n) is 4.20. The Labute approximate surface area is 181 Å². The number of nitrogens with zero attached hydrogens (tertiary/aromatic N) is 3. The SMILES string of the molecule is FC1CC(Nc2ncnc3sc(Nc4c(Cl)cccc4Cl)nc23)=CC=C1C(F)(F)F. The Bertz CT molecular complexity index is 1150. The molecule has 12 heteroatoms. The van der Waals surface area contributed by atoms with E-state index in [2.05, 4.69) is 25.6 Å². The molecule has 0 fully saturated rings. The summed E-state index contributed by atoms with van der Waals surface area (Å²) in [6.07, 6.45) is -4.14. The molecule has 5 nitrogen and oxygen atoms in total. The minimum Gasteiger partial charge on any atom is -0.342 e. The van der Waals surface area contributed by atoms with E-state index >= 15 is 0 Å². The zero-order valence-electron chi connectivity index (χ0n) is 14.8. The standard InChI is InChI=1S/C18H11Cl2F4N5S/c19-10-2-1-3-11(20)13(10)28-17-29-14-15(25-7-26-16(14)30-17)27-8-4-5-9(12(21)6-8)18(22,23)24/h1-5,7,12H,6H2,(H,28,29)(H,25,26,27). The van der Waals surface area contributed by atoms with Crippen molar-refractivity contribution >= 4 is 61.5 Å². The molecule has 0 aliphatic heterocycles. The van der Waals surface area contributed by atoms with Crippen LogP contribution < -0.4 is 10.6 Å². The topological polar surface area (TPSA) is 62.7 Å². The molecule has 0 amide bonds. The first kappa shape index (κ1) is 20.8. The molecular formula is C18H11Cl2F4N5S. The molecule has 1 unspecified atom stereocenters. The van der Waals surface area contributed by atoms with E-state index in [9.17, 15) is 17.6 Å². The van der Waals surface area contributed by atoms with Gasteiger partial charge in [0.2, 0.25) is 0 Å². The van der Waals surface area contributed by atoms with Crippen molar-refractivity contribution in [1.82, 2.24) is 15.0 Å². The molecule has 0 bridgehead atoms. The van der Waals surface area contributed by atoms with E-state index in [-0.39, 0.29) is 11.5 Å². The smallest absolute Gasteiger partial charge is 0.342 e. The lowest BCUT2D eigenvalue weighted by atomic mass is 10.00. The summed E-state index contributed by atoms with van der Waals surface area (Å²) in [6.45, 7) is 0. The Kier molecular flexibility index (Phi) is 5.56. The van der Waals surface area contributed by atoms with E-state index in [0.29, 0.717) is 31.2 Å². The second-order valence-corrected chi connectivity index (χ2v) is 8.02. The molecule has 156 valence electrons. The van der Waals surface area contributed by atoms with Crippen LogP contribution in [0.15, 0.2) is 47.9 Å². The van der Waals surface area contributed by atoms with Crippen LogP contribution in [-0.4, -0.2) is 27.3 Å². The lowest BCUT2D eigenvalue weighted by Gasteiger charge is -2.21. The molecule has 2 heterocycles. The fraction of sp³-hybridized carbons (Fsp3) is 0.167. The normalized spacial score (nSPS) is 16.9. The van der Waals surface area contributed by atoms with E-state index in [4.69, 9.17) is 23.2 Å². The lowest BCUT2D eigenvalue weighted by molar-refractivity contribution is -0.100. The highest BCUT2D eigenvalue weighted by molar-refractivity contribution is 7.21. The number of anilines is 3. The fourth-order valence-electron chi connectivity index (χ4n) is 2.81. The Morgan fingerprint density at radius 2 is 1.80 bits per heavy atom. The van der Waals surface area contributed by atoms with Crippen LogP contribution in [0.4, 0.5) is 34.2 Å². The Hall–Kier alpha value is -2.43. The van der Waals surface area contributed by atoms with Crippen LogP contribution in [0.5, 0.6) is 0 Å². The predicted octanol–water partition coefficient (Wildman–Crippen LogP) is 6.66. The maximum atomic E-state index is 14.0. The molecule has 1 aliphatic carbocycles. The van der Waals surface area contributed by atoms with E-state index in [0.717, 1.165) is 6.08 Å². The second-order valence-electron chi connectivity index (χ2n) is 6.23. The lowest BCUT2D eigenvalue weighted by Crippen LogP contribution is -2.24. The molecule has 30 heavy (non-hydrogen) atoms. The highest BCUT2D eigenvalue weighted by Crippen LogP contribution is 2.38. The van der Waals surface area contributed by atoms with Crippen molar-refractivity contribution in [3.63, 3.8) is 0 Å². The number of allylic oxidation sites excluding steroid dienone is 4. The number of aromatic nitrogens is 3. The quantitative estimate of drug-likeness (QED) is 0.413. The van der Waals surface area contributed by atoms with Gasteiger partial charge < -0.3 is 10.6 Å². The number of thiazole rings is 1. The Balaban J connectivity index is 1.62. The van der Waals surface area contributed by atoms with Crippen molar-refractivity contribution in [3.05, 3.63) is 58.0 Å². The first-order valence-corrected chi connectivity index (χ1v) is 10.0. The van der Waals surface area contributed by atoms with Crippen molar-refractivity contribution in [2.75, 3.05) is 10.6 Å². The van der Waals surface area contributed by atoms with Crippen molar-refractivity contribution in [2.24, 2.45) is 0 Å². The van der Waals surface area contributed by atoms with Crippen molar-refractivity contribution < 1.29 is 17.6 Å². The fourth-order valence-corrected chi connectivity index (χ4v) is 4.11. The number of benzene rings is 1. The Morgan fingerprint density at radius 1 is 1.07 bits per heavy atom. The van der Waals surface area contributed by atoms with Crippen LogP contribution in [0.25, 0.3) is 10.3 Å². The molecule has 1 aliphatic rings. The van der Waals surface area contributed by atoms with Gasteiger partial charge in [0.05, 0.1) is 21.3 Å². The molecule has 1 atom stereocenters. The molecule has 3 aromatic rings. The van der Waals surface area contributed by atoms with Gasteiger partial charge in [-0.1, -0.05) is 40.6 Å². The summed E-state index contributed by atoms with van der Waals surface area (Å²) in [7, 11) is 0. The van der Waals surface area contributed by atoms with Gasteiger partial charge in [-0.2, -0.15) is 13.2 Å². The van der Waals surface area contributed by atoms with E-state index < -0.39 is 24.3 Å². The number of hydrogen-bond acceptors (Lipinski definition) is 6. The average Bonchev–Trinajstić information content (AvgIpc) is 3.08. The zero-order chi connectivity index (χ0) is 21.5. The maximum Gasteiger partial charge on any atom is 0.415 e. The molecule has 2 aromatic heterocycles. The maximum absolute atomic E-state index is 14.0. The summed E-state index contributed by atoms with van der Waals surface area (Å²) in [5.41, 5.74) is -0.123. The van der Waals surface area contributed by atoms with Gasteiger partial charge in [0.15, 0.2) is 15.8 Å². The largest absolute Gasteiger partial charge is 0.415 e. The van der Waals surface area contributed by atoms with Gasteiger partial charge >= 0.3 is 6.18 Å². The van der Waals surface area contributed by atoms with Gasteiger partial charge in [-0.25, -0.2) is 19.3 Å². The third-order valence-corrected chi connectivity index (χ3v) is 5.71. The van der Waals surface area contributed by atoms with E-state index in [1.165, 1.54) is 23.7 Å². The summed E-state index contributed by atoms with van der Waals surface area (Å²) < 4.78 is 52.3. The summed E-state index contributed by atoms with van der Waals surface area (Å²) in [6, 6.07) is 5.04. The Morgan fingerprint density at radius 3 is 2.47 bits per heavy atom. The van der Waals surface area contributed by atoms with Crippen molar-refractivity contribution in [2.45, 2.75) is 18.8 Å². The molecule has 0 radical (unpaired) electrons. The number of rotatable bonds is 4. The van der Waals surface area contributed by atoms with Crippen molar-refractivity contribution in [3.8, 4) is 0 Å². The third kappa shape index (κ3) is 4.21. The summed E-state index contributed by atoms with van der Waals surface area (Å²) in [5, 5.41) is 7.12. The van der Waals surface area contributed by atoms with Gasteiger partial charge in [0.1, 0.15) is 18.0 Å². The van der Waals surface area contributed by atoms with Crippen molar-refractivity contribution in [1.29, 1.82) is 0 Å². The van der Waals surface area contributed by atoms with Gasteiger partial charge in [-0.15, -0.1) is 0 Å². The predicted molar refractivity (Wildman–Crippen MR) is 110 cm³/mol. The summed E-state index contributed by atoms with van der Waals surface area (Å²) in [5.74, 6) is 0.247. The molecule has 1 aromatic carbocycles. The summed E-state index contributed by atoms with van der Waals surface area (Å²) in [4.78, 5) is 13.2. The van der Waals surface area contributed by atoms with Crippen LogP contribution in [-0.2, 0) is 0 Å². The van der Waals surface area contributed by atoms with Crippen LogP contribution in [0, 0.1) is 0 Å². The second kappa shape index (κ2) is 8.01. The first-order chi connectivity index (χ1) is 14.2. The molecule has 2 N–H and O–H groups in total. The van der Waals surface area contributed by atoms with Gasteiger partial charge in [0, 0.05) is 12.1 Å². The number of para-hydroxylation sites is 1. The molecule has 0 saturated carbocycles. The summed E-state index contributed by atoms with van der Waals surface area (Å²) >= 11 is 13.5. The highest BCUT2D eigenvalue weighted by Gasteiger charge is 2.40.